The highest BCUT2D eigenvalue weighted by atomic mass is 16.5. The molecular formula is C28H34N4O5. The average Bonchev–Trinajstić information content (AvgIpc) is 3.29. The molecule has 2 atom stereocenters. The van der Waals surface area contributed by atoms with Gasteiger partial charge in [-0.3, -0.25) is 4.90 Å². The van der Waals surface area contributed by atoms with Crippen LogP contribution < -0.4 is 4.74 Å². The van der Waals surface area contributed by atoms with E-state index in [1.54, 1.807) is 7.11 Å². The SMILES string of the molecule is COc1ncnc2c(CN(Cc3ccccc3)CC(CO)C(O)CO)cn(COCc3ccccc3)c12. The number of fused-ring (bicyclic) bond motifs is 1. The van der Waals surface area contributed by atoms with Crippen molar-refractivity contribution in [3.63, 3.8) is 0 Å². The maximum Gasteiger partial charge on any atom is 0.241 e. The Bertz CT molecular complexity index is 1240. The third-order valence-electron chi connectivity index (χ3n) is 6.33. The predicted molar refractivity (Wildman–Crippen MR) is 140 cm³/mol. The maximum atomic E-state index is 10.2. The van der Waals surface area contributed by atoms with Crippen LogP contribution in [0.2, 0.25) is 0 Å². The van der Waals surface area contributed by atoms with Crippen LogP contribution in [0.4, 0.5) is 0 Å². The minimum Gasteiger partial charge on any atom is -0.479 e. The lowest BCUT2D eigenvalue weighted by Gasteiger charge is -2.28. The van der Waals surface area contributed by atoms with Crippen molar-refractivity contribution in [1.29, 1.82) is 0 Å². The summed E-state index contributed by atoms with van der Waals surface area (Å²) < 4.78 is 13.5. The van der Waals surface area contributed by atoms with Crippen LogP contribution >= 0.6 is 0 Å². The minimum absolute atomic E-state index is 0.238. The Kier molecular flexibility index (Phi) is 9.58. The fourth-order valence-corrected chi connectivity index (χ4v) is 4.42. The first-order valence-corrected chi connectivity index (χ1v) is 12.3. The van der Waals surface area contributed by atoms with Crippen molar-refractivity contribution in [2.24, 2.45) is 5.92 Å². The first-order valence-electron chi connectivity index (χ1n) is 12.3. The van der Waals surface area contributed by atoms with Gasteiger partial charge in [0, 0.05) is 43.9 Å². The number of nitrogens with zero attached hydrogens (tertiary/aromatic N) is 4. The molecule has 0 saturated heterocycles. The van der Waals surface area contributed by atoms with Gasteiger partial charge >= 0.3 is 0 Å². The summed E-state index contributed by atoms with van der Waals surface area (Å²) in [6.07, 6.45) is 2.45. The highest BCUT2D eigenvalue weighted by Crippen LogP contribution is 2.28. The summed E-state index contributed by atoms with van der Waals surface area (Å²) >= 11 is 0. The molecular weight excluding hydrogens is 472 g/mol. The number of benzene rings is 2. The molecule has 2 aromatic carbocycles. The van der Waals surface area contributed by atoms with Crippen molar-refractivity contribution in [2.45, 2.75) is 32.5 Å². The zero-order chi connectivity index (χ0) is 26.0. The quantitative estimate of drug-likeness (QED) is 0.239. The highest BCUT2D eigenvalue weighted by molar-refractivity contribution is 5.83. The van der Waals surface area contributed by atoms with Crippen LogP contribution in [0.1, 0.15) is 16.7 Å². The molecule has 0 amide bonds. The molecule has 2 heterocycles. The molecule has 0 saturated carbocycles. The normalized spacial score (nSPS) is 13.2. The lowest BCUT2D eigenvalue weighted by molar-refractivity contribution is 0.00445. The van der Waals surface area contributed by atoms with Crippen LogP contribution in [-0.2, 0) is 31.2 Å². The number of methoxy groups -OCH3 is 1. The van der Waals surface area contributed by atoms with E-state index in [0.717, 1.165) is 27.7 Å². The Hall–Kier alpha value is -3.34. The Labute approximate surface area is 216 Å². The summed E-state index contributed by atoms with van der Waals surface area (Å²) in [5.41, 5.74) is 4.59. The summed E-state index contributed by atoms with van der Waals surface area (Å²) in [6, 6.07) is 20.0. The largest absolute Gasteiger partial charge is 0.479 e. The zero-order valence-electron chi connectivity index (χ0n) is 21.0. The molecule has 0 radical (unpaired) electrons. The second-order valence-corrected chi connectivity index (χ2v) is 9.02. The summed E-state index contributed by atoms with van der Waals surface area (Å²) in [7, 11) is 1.58. The van der Waals surface area contributed by atoms with E-state index >= 15 is 0 Å². The van der Waals surface area contributed by atoms with Gasteiger partial charge < -0.3 is 29.4 Å². The van der Waals surface area contributed by atoms with Gasteiger partial charge in [0.05, 0.1) is 26.4 Å². The standard InChI is InChI=1S/C28H34N4O5/c1-36-28-27-26(29-19-30-28)23(15-32(27)20-37-18-22-10-6-3-7-11-22)13-31(12-21-8-4-2-5-9-21)14-24(16-33)25(35)17-34/h2-11,15,19,24-25,33-35H,12-14,16-18,20H2,1H3. The van der Waals surface area contributed by atoms with E-state index in [2.05, 4.69) is 14.9 Å². The second kappa shape index (κ2) is 13.3. The molecule has 37 heavy (non-hydrogen) atoms. The van der Waals surface area contributed by atoms with Crippen LogP contribution in [0.25, 0.3) is 11.0 Å². The van der Waals surface area contributed by atoms with Gasteiger partial charge in [-0.2, -0.15) is 4.98 Å². The Morgan fingerprint density at radius 1 is 0.919 bits per heavy atom. The van der Waals surface area contributed by atoms with Gasteiger partial charge in [0.2, 0.25) is 5.88 Å². The molecule has 9 heteroatoms. The highest BCUT2D eigenvalue weighted by Gasteiger charge is 2.23. The van der Waals surface area contributed by atoms with Crippen LogP contribution in [0.3, 0.4) is 0 Å². The van der Waals surface area contributed by atoms with Crippen LogP contribution in [0.5, 0.6) is 5.88 Å². The van der Waals surface area contributed by atoms with E-state index in [9.17, 15) is 15.3 Å². The Balaban J connectivity index is 1.61. The molecule has 3 N–H and O–H groups in total. The third kappa shape index (κ3) is 6.91. The van der Waals surface area contributed by atoms with Crippen LogP contribution in [0, 0.1) is 5.92 Å². The minimum atomic E-state index is -1.02. The topological polar surface area (TPSA) is 113 Å². The first-order chi connectivity index (χ1) is 18.1. The summed E-state index contributed by atoms with van der Waals surface area (Å²) in [5, 5.41) is 29.6. The van der Waals surface area contributed by atoms with Gasteiger partial charge in [-0.25, -0.2) is 4.98 Å². The molecule has 4 aromatic rings. The van der Waals surface area contributed by atoms with Crippen LogP contribution in [-0.4, -0.2) is 67.7 Å². The lowest BCUT2D eigenvalue weighted by Crippen LogP contribution is -2.38. The van der Waals surface area contributed by atoms with Crippen molar-refractivity contribution in [1.82, 2.24) is 19.4 Å². The molecule has 0 aliphatic rings. The molecule has 196 valence electrons. The van der Waals surface area contributed by atoms with E-state index in [-0.39, 0.29) is 13.3 Å². The fraction of sp³-hybridized carbons (Fsp3) is 0.357. The number of hydrogen-bond acceptors (Lipinski definition) is 8. The van der Waals surface area contributed by atoms with Gasteiger partial charge in [0.15, 0.2) is 0 Å². The first kappa shape index (κ1) is 26.7. The number of aliphatic hydroxyl groups is 3. The molecule has 2 unspecified atom stereocenters. The number of aromatic nitrogens is 3. The van der Waals surface area contributed by atoms with E-state index < -0.39 is 18.6 Å². The van der Waals surface area contributed by atoms with Gasteiger partial charge in [-0.1, -0.05) is 60.7 Å². The van der Waals surface area contributed by atoms with Gasteiger partial charge in [0.1, 0.15) is 24.1 Å². The Morgan fingerprint density at radius 2 is 1.62 bits per heavy atom. The van der Waals surface area contributed by atoms with E-state index in [1.807, 2.05) is 71.4 Å². The predicted octanol–water partition coefficient (Wildman–Crippen LogP) is 2.58. The van der Waals surface area contributed by atoms with Crippen molar-refractivity contribution >= 4 is 11.0 Å². The fourth-order valence-electron chi connectivity index (χ4n) is 4.42. The van der Waals surface area contributed by atoms with E-state index in [0.29, 0.717) is 32.1 Å². The van der Waals surface area contributed by atoms with E-state index in [4.69, 9.17) is 9.47 Å². The van der Waals surface area contributed by atoms with Crippen molar-refractivity contribution in [3.05, 3.63) is 89.9 Å². The Morgan fingerprint density at radius 3 is 2.27 bits per heavy atom. The number of hydrogen-bond donors (Lipinski definition) is 3. The van der Waals surface area contributed by atoms with Crippen molar-refractivity contribution < 1.29 is 24.8 Å². The zero-order valence-corrected chi connectivity index (χ0v) is 21.0. The lowest BCUT2D eigenvalue weighted by atomic mass is 10.0. The van der Waals surface area contributed by atoms with E-state index in [1.165, 1.54) is 6.33 Å². The van der Waals surface area contributed by atoms with Gasteiger partial charge in [-0.15, -0.1) is 0 Å². The smallest absolute Gasteiger partial charge is 0.241 e. The molecule has 0 fully saturated rings. The molecule has 0 spiro atoms. The number of rotatable bonds is 14. The van der Waals surface area contributed by atoms with Gasteiger partial charge in [0.25, 0.3) is 0 Å². The molecule has 2 aromatic heterocycles. The monoisotopic (exact) mass is 506 g/mol. The molecule has 0 aliphatic heterocycles. The number of ether oxygens (including phenoxy) is 2. The molecule has 0 bridgehead atoms. The van der Waals surface area contributed by atoms with Crippen molar-refractivity contribution in [2.75, 3.05) is 26.9 Å². The van der Waals surface area contributed by atoms with Crippen LogP contribution in [0.15, 0.2) is 73.2 Å². The summed E-state index contributed by atoms with van der Waals surface area (Å²) in [4.78, 5) is 11.0. The van der Waals surface area contributed by atoms with Crippen molar-refractivity contribution in [3.8, 4) is 5.88 Å². The molecule has 9 nitrogen and oxygen atoms in total. The summed E-state index contributed by atoms with van der Waals surface area (Å²) in [6.45, 7) is 1.57. The number of aliphatic hydroxyl groups excluding tert-OH is 3. The molecule has 0 aliphatic carbocycles. The second-order valence-electron chi connectivity index (χ2n) is 9.02. The van der Waals surface area contributed by atoms with Gasteiger partial charge in [-0.05, 0) is 11.1 Å². The third-order valence-corrected chi connectivity index (χ3v) is 6.33. The summed E-state index contributed by atoms with van der Waals surface area (Å²) in [5.74, 6) is -0.0430. The average molecular weight is 507 g/mol. The maximum absolute atomic E-state index is 10.2. The molecule has 4 rings (SSSR count).